The minimum Gasteiger partial charge on any atom is -0.480 e. The quantitative estimate of drug-likeness (QED) is 0.584. The Morgan fingerprint density at radius 2 is 1.73 bits per heavy atom. The van der Waals surface area contributed by atoms with Crippen LogP contribution in [0.15, 0.2) is 0 Å². The molecule has 7 heteroatoms. The zero-order chi connectivity index (χ0) is 21.7. The molecule has 3 aliphatic rings. The number of carbonyl (C=O) groups is 3. The van der Waals surface area contributed by atoms with Crippen LogP contribution >= 0.6 is 0 Å². The Bertz CT molecular complexity index is 619. The Balaban J connectivity index is 1.69. The average molecular weight is 423 g/mol. The largest absolute Gasteiger partial charge is 0.480 e. The Hall–Kier alpha value is -1.63. The SMILES string of the molecule is CCOC(=O)C(CC1CCCCC1)N[C@@H](C)C(=O)N1C(C(=O)O)CC2CCCCC21. The standard InChI is InChI=1S/C23H38N2O5/c1-3-30-23(29)18(13-16-9-5-4-6-10-16)24-15(2)21(26)25-19-12-8-7-11-17(19)14-20(25)22(27)28/h15-20,24H,3-14H2,1-2H3,(H,27,28)/t15-,17?,18?,19?,20?/m0/s1. The summed E-state index contributed by atoms with van der Waals surface area (Å²) in [6.07, 6.45) is 11.1. The normalized spacial score (nSPS) is 29.1. The van der Waals surface area contributed by atoms with E-state index in [0.717, 1.165) is 38.5 Å². The van der Waals surface area contributed by atoms with Crippen molar-refractivity contribution in [2.45, 2.75) is 109 Å². The van der Waals surface area contributed by atoms with Crippen molar-refractivity contribution in [2.24, 2.45) is 11.8 Å². The highest BCUT2D eigenvalue weighted by atomic mass is 16.5. The van der Waals surface area contributed by atoms with Crippen LogP contribution in [0.1, 0.15) is 84.5 Å². The number of likely N-dealkylation sites (tertiary alicyclic amines) is 1. The van der Waals surface area contributed by atoms with E-state index in [1.165, 1.54) is 19.3 Å². The molecule has 2 saturated carbocycles. The van der Waals surface area contributed by atoms with Crippen molar-refractivity contribution in [3.05, 3.63) is 0 Å². The summed E-state index contributed by atoms with van der Waals surface area (Å²) < 4.78 is 5.28. The molecule has 0 aromatic heterocycles. The van der Waals surface area contributed by atoms with Gasteiger partial charge in [0, 0.05) is 6.04 Å². The van der Waals surface area contributed by atoms with Gasteiger partial charge in [0.1, 0.15) is 12.1 Å². The smallest absolute Gasteiger partial charge is 0.326 e. The number of fused-ring (bicyclic) bond motifs is 1. The molecule has 1 heterocycles. The highest BCUT2D eigenvalue weighted by Gasteiger charge is 2.48. The third kappa shape index (κ3) is 5.34. The second-order valence-corrected chi connectivity index (χ2v) is 9.38. The van der Waals surface area contributed by atoms with Crippen LogP contribution in [-0.4, -0.2) is 58.6 Å². The molecule has 3 rings (SSSR count). The van der Waals surface area contributed by atoms with E-state index in [1.54, 1.807) is 18.7 Å². The van der Waals surface area contributed by atoms with Crippen LogP contribution in [0, 0.1) is 11.8 Å². The van der Waals surface area contributed by atoms with Gasteiger partial charge >= 0.3 is 11.9 Å². The maximum absolute atomic E-state index is 13.4. The van der Waals surface area contributed by atoms with Gasteiger partial charge < -0.3 is 14.7 Å². The number of aliphatic carboxylic acids is 1. The molecule has 4 unspecified atom stereocenters. The topological polar surface area (TPSA) is 95.9 Å². The maximum Gasteiger partial charge on any atom is 0.326 e. The van der Waals surface area contributed by atoms with E-state index in [-0.39, 0.29) is 23.8 Å². The van der Waals surface area contributed by atoms with Gasteiger partial charge in [-0.1, -0.05) is 44.9 Å². The summed E-state index contributed by atoms with van der Waals surface area (Å²) >= 11 is 0. The van der Waals surface area contributed by atoms with E-state index in [2.05, 4.69) is 5.32 Å². The summed E-state index contributed by atoms with van der Waals surface area (Å²) in [5.41, 5.74) is 0. The third-order valence-electron chi connectivity index (χ3n) is 7.31. The summed E-state index contributed by atoms with van der Waals surface area (Å²) in [6, 6.07) is -1.89. The van der Waals surface area contributed by atoms with Gasteiger partial charge in [-0.05, 0) is 51.4 Å². The summed E-state index contributed by atoms with van der Waals surface area (Å²) in [7, 11) is 0. The molecule has 7 nitrogen and oxygen atoms in total. The van der Waals surface area contributed by atoms with Gasteiger partial charge in [-0.2, -0.15) is 0 Å². The molecule has 0 radical (unpaired) electrons. The van der Waals surface area contributed by atoms with Gasteiger partial charge in [0.25, 0.3) is 0 Å². The van der Waals surface area contributed by atoms with Crippen LogP contribution in [0.3, 0.4) is 0 Å². The number of carbonyl (C=O) groups excluding carboxylic acids is 2. The van der Waals surface area contributed by atoms with Crippen molar-refractivity contribution in [3.8, 4) is 0 Å². The average Bonchev–Trinajstić information content (AvgIpc) is 3.13. The number of nitrogens with zero attached hydrogens (tertiary/aromatic N) is 1. The monoisotopic (exact) mass is 422 g/mol. The fraction of sp³-hybridized carbons (Fsp3) is 0.870. The van der Waals surface area contributed by atoms with Gasteiger partial charge in [-0.25, -0.2) is 4.79 Å². The molecule has 0 bridgehead atoms. The first-order chi connectivity index (χ1) is 14.4. The molecular formula is C23H38N2O5. The third-order valence-corrected chi connectivity index (χ3v) is 7.31. The number of hydrogen-bond acceptors (Lipinski definition) is 5. The lowest BCUT2D eigenvalue weighted by molar-refractivity contribution is -0.152. The van der Waals surface area contributed by atoms with Gasteiger partial charge in [0.05, 0.1) is 12.6 Å². The first-order valence-electron chi connectivity index (χ1n) is 11.9. The molecular weight excluding hydrogens is 384 g/mol. The molecule has 2 N–H and O–H groups in total. The Kier molecular flexibility index (Phi) is 8.14. The van der Waals surface area contributed by atoms with E-state index in [4.69, 9.17) is 4.74 Å². The summed E-state index contributed by atoms with van der Waals surface area (Å²) in [4.78, 5) is 39.5. The lowest BCUT2D eigenvalue weighted by atomic mass is 9.84. The molecule has 0 spiro atoms. The van der Waals surface area contributed by atoms with Crippen LogP contribution in [-0.2, 0) is 19.1 Å². The second kappa shape index (κ2) is 10.6. The fourth-order valence-electron chi connectivity index (χ4n) is 5.83. The fourth-order valence-corrected chi connectivity index (χ4v) is 5.83. The number of ether oxygens (including phenoxy) is 1. The highest BCUT2D eigenvalue weighted by molar-refractivity contribution is 5.88. The molecule has 1 aliphatic heterocycles. The van der Waals surface area contributed by atoms with Crippen LogP contribution in [0.25, 0.3) is 0 Å². The maximum atomic E-state index is 13.4. The summed E-state index contributed by atoms with van der Waals surface area (Å²) in [5, 5.41) is 13.0. The van der Waals surface area contributed by atoms with Crippen molar-refractivity contribution in [1.29, 1.82) is 0 Å². The molecule has 0 aromatic rings. The first kappa shape index (κ1) is 23.0. The number of esters is 1. The van der Waals surface area contributed by atoms with Crippen molar-refractivity contribution < 1.29 is 24.2 Å². The van der Waals surface area contributed by atoms with E-state index < -0.39 is 24.1 Å². The van der Waals surface area contributed by atoms with Crippen molar-refractivity contribution in [1.82, 2.24) is 10.2 Å². The number of carboxylic acids is 1. The predicted octanol–water partition coefficient (Wildman–Crippen LogP) is 3.11. The molecule has 1 amide bonds. The molecule has 3 fully saturated rings. The summed E-state index contributed by atoms with van der Waals surface area (Å²) in [5.74, 6) is -0.693. The molecule has 1 saturated heterocycles. The van der Waals surface area contributed by atoms with Crippen molar-refractivity contribution in [2.75, 3.05) is 6.61 Å². The minimum atomic E-state index is -0.922. The zero-order valence-corrected chi connectivity index (χ0v) is 18.5. The van der Waals surface area contributed by atoms with Crippen molar-refractivity contribution >= 4 is 17.8 Å². The van der Waals surface area contributed by atoms with Crippen LogP contribution in [0.5, 0.6) is 0 Å². The van der Waals surface area contributed by atoms with E-state index in [0.29, 0.717) is 25.4 Å². The van der Waals surface area contributed by atoms with Gasteiger partial charge in [-0.15, -0.1) is 0 Å². The number of hydrogen-bond donors (Lipinski definition) is 2. The van der Waals surface area contributed by atoms with Gasteiger partial charge in [-0.3, -0.25) is 14.9 Å². The Morgan fingerprint density at radius 3 is 2.40 bits per heavy atom. The molecule has 0 aromatic carbocycles. The zero-order valence-electron chi connectivity index (χ0n) is 18.5. The lowest BCUT2D eigenvalue weighted by Gasteiger charge is -2.35. The van der Waals surface area contributed by atoms with Crippen LogP contribution in [0.4, 0.5) is 0 Å². The highest BCUT2D eigenvalue weighted by Crippen LogP contribution is 2.40. The lowest BCUT2D eigenvalue weighted by Crippen LogP contribution is -2.56. The predicted molar refractivity (Wildman–Crippen MR) is 113 cm³/mol. The molecule has 2 aliphatic carbocycles. The van der Waals surface area contributed by atoms with E-state index in [1.807, 2.05) is 0 Å². The van der Waals surface area contributed by atoms with Crippen LogP contribution in [0.2, 0.25) is 0 Å². The van der Waals surface area contributed by atoms with Gasteiger partial charge in [0.15, 0.2) is 0 Å². The van der Waals surface area contributed by atoms with Gasteiger partial charge in [0.2, 0.25) is 5.91 Å². The summed E-state index contributed by atoms with van der Waals surface area (Å²) in [6.45, 7) is 3.85. The number of rotatable bonds is 8. The Morgan fingerprint density at radius 1 is 1.07 bits per heavy atom. The minimum absolute atomic E-state index is 0.0102. The Labute approximate surface area is 179 Å². The van der Waals surface area contributed by atoms with E-state index >= 15 is 0 Å². The van der Waals surface area contributed by atoms with Crippen LogP contribution < -0.4 is 5.32 Å². The number of carboxylic acid groups (broad SMARTS) is 1. The van der Waals surface area contributed by atoms with Crippen molar-refractivity contribution in [3.63, 3.8) is 0 Å². The molecule has 30 heavy (non-hydrogen) atoms. The first-order valence-corrected chi connectivity index (χ1v) is 11.9. The number of amides is 1. The molecule has 5 atom stereocenters. The number of nitrogens with one attached hydrogen (secondary N) is 1. The second-order valence-electron chi connectivity index (χ2n) is 9.38. The molecule has 170 valence electrons. The van der Waals surface area contributed by atoms with E-state index in [9.17, 15) is 19.5 Å².